The average Bonchev–Trinajstić information content (AvgIpc) is 3.81. The molecule has 1 heterocycles. The van der Waals surface area contributed by atoms with Gasteiger partial charge >= 0.3 is 0 Å². The summed E-state index contributed by atoms with van der Waals surface area (Å²) in [7, 11) is 3.66. The Hall–Kier alpha value is -1.09. The van der Waals surface area contributed by atoms with Gasteiger partial charge in [0.25, 0.3) is 0 Å². The Morgan fingerprint density at radius 2 is 1.17 bits per heavy atom. The number of fused-ring (bicyclic) bond motifs is 10. The minimum absolute atomic E-state index is 0.00213. The van der Waals surface area contributed by atoms with Crippen molar-refractivity contribution in [2.24, 2.45) is 69.0 Å². The zero-order valence-electron chi connectivity index (χ0n) is 34.3. The van der Waals surface area contributed by atoms with E-state index in [0.29, 0.717) is 72.6 Å². The molecule has 1 aliphatic heterocycles. The molecule has 2 N–H and O–H groups in total. The molecular formula is C46H72O7. The van der Waals surface area contributed by atoms with Gasteiger partial charge in [-0.25, -0.2) is 0 Å². The number of carbonyl (C=O) groups excluding carboxylic acids is 1. The van der Waals surface area contributed by atoms with Crippen molar-refractivity contribution in [2.75, 3.05) is 27.4 Å². The zero-order valence-corrected chi connectivity index (χ0v) is 34.3. The molecule has 8 aliphatic carbocycles. The number of carbonyl (C=O) groups is 1. The van der Waals surface area contributed by atoms with Crippen molar-refractivity contribution in [1.82, 2.24) is 0 Å². The first-order valence-electron chi connectivity index (χ1n) is 21.7. The molecular weight excluding hydrogens is 664 g/mol. The maximum absolute atomic E-state index is 12.2. The van der Waals surface area contributed by atoms with E-state index in [2.05, 4.69) is 46.8 Å². The molecule has 0 amide bonds. The summed E-state index contributed by atoms with van der Waals surface area (Å²) < 4.78 is 23.5. The van der Waals surface area contributed by atoms with Crippen LogP contribution in [0.2, 0.25) is 0 Å². The maximum Gasteiger partial charge on any atom is 0.169 e. The molecule has 0 radical (unpaired) electrons. The van der Waals surface area contributed by atoms with E-state index in [9.17, 15) is 15.0 Å². The van der Waals surface area contributed by atoms with E-state index in [4.69, 9.17) is 18.9 Å². The predicted octanol–water partition coefficient (Wildman–Crippen LogP) is 8.45. The van der Waals surface area contributed by atoms with Crippen LogP contribution in [0.25, 0.3) is 0 Å². The SMILES string of the molecule is CO[C@H]1CC[C@@]2(C)C(=CCC3C2[C@@H](O)C[C@@]2(C)C3CC[C@@H]2C(C)=O)C1.CO[C@H]1CC[C@@]2(C)C(=CCC3C2[C@@H](O)C[C@@]2(C)C3CC[C@@H]2C2(C)OCCO2)C1. The maximum atomic E-state index is 12.2. The summed E-state index contributed by atoms with van der Waals surface area (Å²) in [4.78, 5) is 12.2. The Morgan fingerprint density at radius 3 is 1.66 bits per heavy atom. The lowest BCUT2D eigenvalue weighted by Crippen LogP contribution is -2.58. The Balaban J connectivity index is 0.000000152. The number of hydrogen-bond donors (Lipinski definition) is 2. The van der Waals surface area contributed by atoms with Crippen molar-refractivity contribution in [3.05, 3.63) is 23.3 Å². The van der Waals surface area contributed by atoms with Gasteiger partial charge in [0, 0.05) is 26.1 Å². The molecule has 7 fully saturated rings. The third kappa shape index (κ3) is 5.88. The highest BCUT2D eigenvalue weighted by atomic mass is 16.7. The quantitative estimate of drug-likeness (QED) is 0.280. The summed E-state index contributed by atoms with van der Waals surface area (Å²) in [6.45, 7) is 14.8. The topological polar surface area (TPSA) is 94.5 Å². The van der Waals surface area contributed by atoms with Crippen molar-refractivity contribution in [3.8, 4) is 0 Å². The lowest BCUT2D eigenvalue weighted by Gasteiger charge is -2.60. The number of aliphatic hydroxyl groups excluding tert-OH is 2. The summed E-state index contributed by atoms with van der Waals surface area (Å²) >= 11 is 0. The molecule has 0 aromatic heterocycles. The second kappa shape index (κ2) is 13.8. The van der Waals surface area contributed by atoms with E-state index in [1.54, 1.807) is 12.5 Å². The zero-order chi connectivity index (χ0) is 37.7. The van der Waals surface area contributed by atoms with Gasteiger partial charge in [-0.2, -0.15) is 0 Å². The van der Waals surface area contributed by atoms with Gasteiger partial charge in [-0.15, -0.1) is 0 Å². The van der Waals surface area contributed by atoms with E-state index in [0.717, 1.165) is 83.5 Å². The molecule has 0 aromatic carbocycles. The van der Waals surface area contributed by atoms with Crippen LogP contribution in [0.3, 0.4) is 0 Å². The Morgan fingerprint density at radius 1 is 0.698 bits per heavy atom. The highest BCUT2D eigenvalue weighted by Crippen LogP contribution is 2.69. The number of Topliss-reactive ketones (excluding diaryl/α,β-unsaturated/α-hetero) is 1. The smallest absolute Gasteiger partial charge is 0.169 e. The first kappa shape index (κ1) is 38.8. The number of ether oxygens (including phenoxy) is 4. The summed E-state index contributed by atoms with van der Waals surface area (Å²) in [6, 6.07) is 0. The lowest BCUT2D eigenvalue weighted by molar-refractivity contribution is -0.223. The van der Waals surface area contributed by atoms with Crippen molar-refractivity contribution >= 4 is 5.78 Å². The molecule has 0 bridgehead atoms. The van der Waals surface area contributed by atoms with E-state index in [1.165, 1.54) is 12.0 Å². The first-order valence-corrected chi connectivity index (χ1v) is 21.7. The van der Waals surface area contributed by atoms with Crippen LogP contribution in [0.15, 0.2) is 23.3 Å². The lowest BCUT2D eigenvalue weighted by atomic mass is 9.46. The van der Waals surface area contributed by atoms with E-state index in [-0.39, 0.29) is 39.8 Å². The first-order chi connectivity index (χ1) is 25.1. The number of hydrogen-bond acceptors (Lipinski definition) is 7. The molecule has 6 saturated carbocycles. The molecule has 9 aliphatic rings. The van der Waals surface area contributed by atoms with Crippen LogP contribution >= 0.6 is 0 Å². The molecule has 1 saturated heterocycles. The minimum Gasteiger partial charge on any atom is -0.393 e. The average molecular weight is 737 g/mol. The van der Waals surface area contributed by atoms with Gasteiger partial charge in [-0.3, -0.25) is 4.79 Å². The second-order valence-corrected chi connectivity index (χ2v) is 20.7. The van der Waals surface area contributed by atoms with Crippen LogP contribution in [0.1, 0.15) is 131 Å². The van der Waals surface area contributed by atoms with Crippen molar-refractivity contribution in [1.29, 1.82) is 0 Å². The summed E-state index contributed by atoms with van der Waals surface area (Å²) in [6.07, 6.45) is 20.2. The van der Waals surface area contributed by atoms with E-state index >= 15 is 0 Å². The molecule has 6 unspecified atom stereocenters. The number of allylic oxidation sites excluding steroid dienone is 2. The molecule has 53 heavy (non-hydrogen) atoms. The normalized spacial score (nSPS) is 52.3. The highest BCUT2D eigenvalue weighted by Gasteiger charge is 2.66. The Bertz CT molecular complexity index is 1460. The number of rotatable bonds is 4. The molecule has 298 valence electrons. The van der Waals surface area contributed by atoms with Gasteiger partial charge in [-0.1, -0.05) is 51.0 Å². The standard InChI is InChI=1S/C24H38O4.C22H34O3/c1-22-10-9-16(26-4)13-15(22)5-6-17-18-7-8-20(24(3)27-11-12-28-24)23(18,2)14-19(25)21(17)22;1-13(23)17-7-8-18-16-6-5-14-11-15(25-4)9-10-21(14,2)20(16)19(24)12-22(17,18)3/h5,16-21,25H,6-14H2,1-4H3;5,15-20,24H,6-12H2,1-4H3/t16-,17?,18?,19-,20-,21?,22-,23-;15-,16?,17+,18?,19-,20?,21-,22+/m00/s1. The molecule has 16 atom stereocenters. The van der Waals surface area contributed by atoms with Crippen molar-refractivity contribution in [3.63, 3.8) is 0 Å². The van der Waals surface area contributed by atoms with Crippen LogP contribution in [0.4, 0.5) is 0 Å². The van der Waals surface area contributed by atoms with Gasteiger partial charge in [0.05, 0.1) is 37.6 Å². The predicted molar refractivity (Wildman–Crippen MR) is 206 cm³/mol. The Kier molecular flexibility index (Phi) is 10.1. The van der Waals surface area contributed by atoms with Crippen LogP contribution in [-0.2, 0) is 23.7 Å². The van der Waals surface area contributed by atoms with Crippen molar-refractivity contribution < 1.29 is 34.0 Å². The van der Waals surface area contributed by atoms with Gasteiger partial charge in [-0.05, 0) is 161 Å². The fraction of sp³-hybridized carbons (Fsp3) is 0.891. The summed E-state index contributed by atoms with van der Waals surface area (Å²) in [5.41, 5.74) is 3.44. The molecule has 7 nitrogen and oxygen atoms in total. The third-order valence-electron chi connectivity index (χ3n) is 18.6. The Labute approximate surface area is 320 Å². The molecule has 7 heteroatoms. The fourth-order valence-electron chi connectivity index (χ4n) is 16.2. The molecule has 0 spiro atoms. The summed E-state index contributed by atoms with van der Waals surface area (Å²) in [5.74, 6) is 3.49. The van der Waals surface area contributed by atoms with Crippen LogP contribution in [-0.4, -0.2) is 73.6 Å². The second-order valence-electron chi connectivity index (χ2n) is 20.7. The van der Waals surface area contributed by atoms with Gasteiger partial charge in [0.1, 0.15) is 5.78 Å². The van der Waals surface area contributed by atoms with E-state index in [1.807, 2.05) is 14.2 Å². The van der Waals surface area contributed by atoms with Crippen molar-refractivity contribution in [2.45, 2.75) is 162 Å². The third-order valence-corrected chi connectivity index (χ3v) is 18.6. The minimum atomic E-state index is -0.466. The fourth-order valence-corrected chi connectivity index (χ4v) is 16.2. The van der Waals surface area contributed by atoms with Crippen LogP contribution in [0, 0.1) is 69.0 Å². The van der Waals surface area contributed by atoms with Crippen LogP contribution < -0.4 is 0 Å². The monoisotopic (exact) mass is 737 g/mol. The highest BCUT2D eigenvalue weighted by molar-refractivity contribution is 5.79. The largest absolute Gasteiger partial charge is 0.393 e. The molecule has 9 rings (SSSR count). The number of methoxy groups -OCH3 is 2. The number of aliphatic hydroxyl groups is 2. The van der Waals surface area contributed by atoms with Gasteiger partial charge in [0.15, 0.2) is 5.79 Å². The molecule has 0 aromatic rings. The van der Waals surface area contributed by atoms with Crippen LogP contribution in [0.5, 0.6) is 0 Å². The van der Waals surface area contributed by atoms with Gasteiger partial charge in [0.2, 0.25) is 0 Å². The van der Waals surface area contributed by atoms with E-state index < -0.39 is 5.79 Å². The van der Waals surface area contributed by atoms with Gasteiger partial charge < -0.3 is 29.2 Å². The summed E-state index contributed by atoms with van der Waals surface area (Å²) in [5, 5.41) is 22.8. The number of ketones is 1.